The largest absolute Gasteiger partial charge is 0.481 e. The standard InChI is InChI=1S/C12H22N2O3/c1-4-7-10(9-11(15)16)13-12(17)14(6-3)8-5-2/h5,10H,2,4,6-9H2,1,3H3,(H,13,17)(H,15,16). The minimum absolute atomic E-state index is 0.0365. The lowest BCUT2D eigenvalue weighted by molar-refractivity contribution is -0.137. The molecule has 0 aliphatic heterocycles. The van der Waals surface area contributed by atoms with Crippen LogP contribution in [0.5, 0.6) is 0 Å². The van der Waals surface area contributed by atoms with Crippen LogP contribution in [0.1, 0.15) is 33.1 Å². The van der Waals surface area contributed by atoms with E-state index in [0.29, 0.717) is 19.5 Å². The van der Waals surface area contributed by atoms with E-state index in [-0.39, 0.29) is 18.5 Å². The Morgan fingerprint density at radius 1 is 1.47 bits per heavy atom. The second kappa shape index (κ2) is 8.61. The Morgan fingerprint density at radius 2 is 2.12 bits per heavy atom. The first-order valence-electron chi connectivity index (χ1n) is 5.93. The molecule has 0 saturated heterocycles. The lowest BCUT2D eigenvalue weighted by Gasteiger charge is -2.23. The molecule has 0 saturated carbocycles. The van der Waals surface area contributed by atoms with E-state index < -0.39 is 5.97 Å². The number of carbonyl (C=O) groups is 2. The van der Waals surface area contributed by atoms with Gasteiger partial charge in [0.05, 0.1) is 6.42 Å². The number of carboxylic acid groups (broad SMARTS) is 1. The number of nitrogens with zero attached hydrogens (tertiary/aromatic N) is 1. The zero-order valence-corrected chi connectivity index (χ0v) is 10.6. The van der Waals surface area contributed by atoms with E-state index in [1.165, 1.54) is 0 Å². The molecule has 1 atom stereocenters. The molecule has 5 heteroatoms. The number of hydrogen-bond donors (Lipinski definition) is 2. The monoisotopic (exact) mass is 242 g/mol. The van der Waals surface area contributed by atoms with Crippen LogP contribution in [-0.4, -0.2) is 41.1 Å². The fourth-order valence-corrected chi connectivity index (χ4v) is 1.56. The fourth-order valence-electron chi connectivity index (χ4n) is 1.56. The van der Waals surface area contributed by atoms with Gasteiger partial charge in [-0.05, 0) is 13.3 Å². The maximum atomic E-state index is 11.8. The summed E-state index contributed by atoms with van der Waals surface area (Å²) in [6.07, 6.45) is 3.12. The third-order valence-corrected chi connectivity index (χ3v) is 2.40. The second-order valence-electron chi connectivity index (χ2n) is 3.86. The first-order chi connectivity index (χ1) is 8.04. The molecular formula is C12H22N2O3. The van der Waals surface area contributed by atoms with Crippen molar-refractivity contribution in [1.82, 2.24) is 10.2 Å². The quantitative estimate of drug-likeness (QED) is 0.638. The number of hydrogen-bond acceptors (Lipinski definition) is 2. The Bertz CT molecular complexity index is 266. The van der Waals surface area contributed by atoms with Gasteiger partial charge < -0.3 is 15.3 Å². The molecule has 0 heterocycles. The summed E-state index contributed by atoms with van der Waals surface area (Å²) in [6.45, 7) is 8.45. The van der Waals surface area contributed by atoms with Crippen LogP contribution in [0.25, 0.3) is 0 Å². The molecule has 1 unspecified atom stereocenters. The molecule has 17 heavy (non-hydrogen) atoms. The lowest BCUT2D eigenvalue weighted by Crippen LogP contribution is -2.45. The minimum atomic E-state index is -0.893. The number of aliphatic carboxylic acids is 1. The number of carboxylic acids is 1. The van der Waals surface area contributed by atoms with Crippen LogP contribution in [0.4, 0.5) is 4.79 Å². The van der Waals surface area contributed by atoms with Crippen molar-refractivity contribution < 1.29 is 14.7 Å². The molecule has 0 bridgehead atoms. The first kappa shape index (κ1) is 15.5. The summed E-state index contributed by atoms with van der Waals surface area (Å²) in [5.41, 5.74) is 0. The Hall–Kier alpha value is -1.52. The Balaban J connectivity index is 4.35. The van der Waals surface area contributed by atoms with Gasteiger partial charge in [0, 0.05) is 19.1 Å². The highest BCUT2D eigenvalue weighted by Gasteiger charge is 2.17. The lowest BCUT2D eigenvalue weighted by atomic mass is 10.1. The average molecular weight is 242 g/mol. The van der Waals surface area contributed by atoms with Crippen LogP contribution in [0.3, 0.4) is 0 Å². The van der Waals surface area contributed by atoms with E-state index in [9.17, 15) is 9.59 Å². The van der Waals surface area contributed by atoms with Crippen LogP contribution < -0.4 is 5.32 Å². The normalized spacial score (nSPS) is 11.6. The Morgan fingerprint density at radius 3 is 2.53 bits per heavy atom. The number of urea groups is 1. The van der Waals surface area contributed by atoms with Gasteiger partial charge in [-0.3, -0.25) is 4.79 Å². The number of rotatable bonds is 8. The molecule has 0 fully saturated rings. The molecule has 2 N–H and O–H groups in total. The molecular weight excluding hydrogens is 220 g/mol. The van der Waals surface area contributed by atoms with Crippen LogP contribution in [0, 0.1) is 0 Å². The molecule has 2 amide bonds. The zero-order chi connectivity index (χ0) is 13.3. The Labute approximate surface area is 102 Å². The van der Waals surface area contributed by atoms with Crippen molar-refractivity contribution in [3.05, 3.63) is 12.7 Å². The summed E-state index contributed by atoms with van der Waals surface area (Å²) >= 11 is 0. The second-order valence-corrected chi connectivity index (χ2v) is 3.86. The van der Waals surface area contributed by atoms with Crippen LogP contribution in [-0.2, 0) is 4.79 Å². The van der Waals surface area contributed by atoms with Gasteiger partial charge in [-0.15, -0.1) is 6.58 Å². The van der Waals surface area contributed by atoms with Gasteiger partial charge in [0.2, 0.25) is 0 Å². The van der Waals surface area contributed by atoms with Gasteiger partial charge >= 0.3 is 12.0 Å². The number of nitrogens with one attached hydrogen (secondary N) is 1. The van der Waals surface area contributed by atoms with E-state index in [4.69, 9.17) is 5.11 Å². The zero-order valence-electron chi connectivity index (χ0n) is 10.6. The molecule has 0 aromatic carbocycles. The predicted molar refractivity (Wildman–Crippen MR) is 66.9 cm³/mol. The summed E-state index contributed by atoms with van der Waals surface area (Å²) in [5, 5.41) is 11.5. The smallest absolute Gasteiger partial charge is 0.317 e. The topological polar surface area (TPSA) is 69.6 Å². The van der Waals surface area contributed by atoms with Crippen molar-refractivity contribution in [2.24, 2.45) is 0 Å². The van der Waals surface area contributed by atoms with Gasteiger partial charge in [-0.2, -0.15) is 0 Å². The highest BCUT2D eigenvalue weighted by Crippen LogP contribution is 2.03. The minimum Gasteiger partial charge on any atom is -0.481 e. The van der Waals surface area contributed by atoms with Crippen molar-refractivity contribution in [2.75, 3.05) is 13.1 Å². The third kappa shape index (κ3) is 6.60. The van der Waals surface area contributed by atoms with Gasteiger partial charge in [0.1, 0.15) is 0 Å². The summed E-state index contributed by atoms with van der Waals surface area (Å²) in [7, 11) is 0. The van der Waals surface area contributed by atoms with Crippen LogP contribution in [0.15, 0.2) is 12.7 Å². The third-order valence-electron chi connectivity index (χ3n) is 2.40. The molecule has 0 rings (SSSR count). The molecule has 0 aliphatic carbocycles. The van der Waals surface area contributed by atoms with Crippen molar-refractivity contribution >= 4 is 12.0 Å². The fraction of sp³-hybridized carbons (Fsp3) is 0.667. The van der Waals surface area contributed by atoms with E-state index in [1.807, 2.05) is 13.8 Å². The highest BCUT2D eigenvalue weighted by atomic mass is 16.4. The van der Waals surface area contributed by atoms with Crippen molar-refractivity contribution in [1.29, 1.82) is 0 Å². The average Bonchev–Trinajstić information content (AvgIpc) is 2.25. The molecule has 0 aliphatic rings. The van der Waals surface area contributed by atoms with Crippen LogP contribution in [0.2, 0.25) is 0 Å². The van der Waals surface area contributed by atoms with Gasteiger partial charge in [0.15, 0.2) is 0 Å². The van der Waals surface area contributed by atoms with E-state index in [0.717, 1.165) is 6.42 Å². The maximum absolute atomic E-state index is 11.8. The van der Waals surface area contributed by atoms with Crippen molar-refractivity contribution in [2.45, 2.75) is 39.2 Å². The maximum Gasteiger partial charge on any atom is 0.317 e. The van der Waals surface area contributed by atoms with Gasteiger partial charge in [-0.25, -0.2) is 4.79 Å². The molecule has 0 aromatic heterocycles. The van der Waals surface area contributed by atoms with Crippen molar-refractivity contribution in [3.63, 3.8) is 0 Å². The first-order valence-corrected chi connectivity index (χ1v) is 5.93. The SMILES string of the molecule is C=CCN(CC)C(=O)NC(CCC)CC(=O)O. The molecule has 0 aromatic rings. The van der Waals surface area contributed by atoms with Gasteiger partial charge in [-0.1, -0.05) is 19.4 Å². The van der Waals surface area contributed by atoms with Crippen molar-refractivity contribution in [3.8, 4) is 0 Å². The van der Waals surface area contributed by atoms with E-state index >= 15 is 0 Å². The summed E-state index contributed by atoms with van der Waals surface area (Å²) in [6, 6.07) is -0.532. The highest BCUT2D eigenvalue weighted by molar-refractivity contribution is 5.76. The molecule has 0 spiro atoms. The van der Waals surface area contributed by atoms with E-state index in [2.05, 4.69) is 11.9 Å². The molecule has 98 valence electrons. The number of amides is 2. The molecule has 0 radical (unpaired) electrons. The Kier molecular flexibility index (Phi) is 7.84. The molecule has 5 nitrogen and oxygen atoms in total. The van der Waals surface area contributed by atoms with E-state index in [1.54, 1.807) is 11.0 Å². The number of likely N-dealkylation sites (N-methyl/N-ethyl adjacent to an activating group) is 1. The summed E-state index contributed by atoms with van der Waals surface area (Å²) < 4.78 is 0. The summed E-state index contributed by atoms with van der Waals surface area (Å²) in [4.78, 5) is 24.0. The predicted octanol–water partition coefficient (Wildman–Crippen LogP) is 1.85. The van der Waals surface area contributed by atoms with Gasteiger partial charge in [0.25, 0.3) is 0 Å². The number of carbonyl (C=O) groups excluding carboxylic acids is 1. The van der Waals surface area contributed by atoms with Crippen LogP contribution >= 0.6 is 0 Å². The summed E-state index contributed by atoms with van der Waals surface area (Å²) in [5.74, 6) is -0.893.